The number of halogens is 4. The Morgan fingerprint density at radius 3 is 2.44 bits per heavy atom. The second-order valence-corrected chi connectivity index (χ2v) is 6.77. The molecule has 32 heavy (non-hydrogen) atoms. The number of alkyl halides is 3. The van der Waals surface area contributed by atoms with E-state index in [1.54, 1.807) is 36.4 Å². The second-order valence-electron chi connectivity index (χ2n) is 6.33. The fraction of sp³-hybridized carbons (Fsp3) is 0.0455. The molecule has 0 bridgehead atoms. The van der Waals surface area contributed by atoms with Gasteiger partial charge in [-0.15, -0.1) is 13.2 Å². The number of nitrogens with zero attached hydrogens (tertiary/aromatic N) is 1. The van der Waals surface area contributed by atoms with E-state index in [9.17, 15) is 22.8 Å². The maximum absolute atomic E-state index is 12.5. The number of hydrogen-bond donors (Lipinski definition) is 2. The predicted octanol–water partition coefficient (Wildman–Crippen LogP) is 5.25. The van der Waals surface area contributed by atoms with E-state index in [1.165, 1.54) is 30.5 Å². The molecule has 164 valence electrons. The Hall–Kier alpha value is -3.85. The number of nitrogens with one attached hydrogen (secondary N) is 2. The van der Waals surface area contributed by atoms with Crippen LogP contribution in [0.4, 0.5) is 18.9 Å². The second kappa shape index (κ2) is 9.97. The number of amides is 2. The maximum Gasteiger partial charge on any atom is 0.573 e. The van der Waals surface area contributed by atoms with E-state index in [0.29, 0.717) is 10.6 Å². The Morgan fingerprint density at radius 2 is 1.69 bits per heavy atom. The summed E-state index contributed by atoms with van der Waals surface area (Å²) < 4.78 is 41.0. The number of benzene rings is 3. The van der Waals surface area contributed by atoms with Crippen molar-refractivity contribution in [3.05, 3.63) is 94.5 Å². The van der Waals surface area contributed by atoms with Crippen LogP contribution in [0.1, 0.15) is 26.3 Å². The third-order valence-corrected chi connectivity index (χ3v) is 4.21. The summed E-state index contributed by atoms with van der Waals surface area (Å²) in [5, 5.41) is 6.88. The summed E-state index contributed by atoms with van der Waals surface area (Å²) in [5.74, 6) is -1.86. The number of hydrazone groups is 1. The molecule has 0 atom stereocenters. The van der Waals surface area contributed by atoms with Gasteiger partial charge in [0.15, 0.2) is 0 Å². The molecular weight excluding hydrogens is 447 g/mol. The summed E-state index contributed by atoms with van der Waals surface area (Å²) in [6.45, 7) is 0. The third kappa shape index (κ3) is 6.58. The van der Waals surface area contributed by atoms with Crippen molar-refractivity contribution in [1.29, 1.82) is 0 Å². The third-order valence-electron chi connectivity index (χ3n) is 3.98. The first kappa shape index (κ1) is 22.8. The van der Waals surface area contributed by atoms with Crippen LogP contribution in [-0.2, 0) is 0 Å². The molecule has 0 saturated heterocycles. The highest BCUT2D eigenvalue weighted by atomic mass is 35.5. The standard InChI is InChI=1S/C22H15ClF3N3O3/c23-16-7-3-5-14(11-16)13-27-29-21(31)18-9-1-2-10-19(18)28-20(30)15-6-4-8-17(12-15)32-22(24,25)26/h1-13H,(H,28,30)(H,29,31)/b27-13+. The number of carbonyl (C=O) groups excluding carboxylic acids is 2. The summed E-state index contributed by atoms with van der Waals surface area (Å²) in [7, 11) is 0. The van der Waals surface area contributed by atoms with Crippen LogP contribution in [-0.4, -0.2) is 24.4 Å². The Balaban J connectivity index is 1.71. The topological polar surface area (TPSA) is 79.8 Å². The Bertz CT molecular complexity index is 1170. The minimum Gasteiger partial charge on any atom is -0.406 e. The van der Waals surface area contributed by atoms with Crippen molar-refractivity contribution >= 4 is 35.3 Å². The number of ether oxygens (including phenoxy) is 1. The molecule has 0 saturated carbocycles. The lowest BCUT2D eigenvalue weighted by Gasteiger charge is -2.12. The van der Waals surface area contributed by atoms with E-state index in [4.69, 9.17) is 11.6 Å². The Labute approximate surface area is 185 Å². The van der Waals surface area contributed by atoms with E-state index < -0.39 is 23.9 Å². The first-order valence-electron chi connectivity index (χ1n) is 9.06. The molecular formula is C22H15ClF3N3O3. The zero-order valence-electron chi connectivity index (χ0n) is 16.2. The van der Waals surface area contributed by atoms with Crippen molar-refractivity contribution in [2.75, 3.05) is 5.32 Å². The van der Waals surface area contributed by atoms with Crippen molar-refractivity contribution < 1.29 is 27.5 Å². The van der Waals surface area contributed by atoms with E-state index >= 15 is 0 Å². The van der Waals surface area contributed by atoms with Gasteiger partial charge in [0.05, 0.1) is 17.5 Å². The van der Waals surface area contributed by atoms with Crippen molar-refractivity contribution in [3.8, 4) is 5.75 Å². The monoisotopic (exact) mass is 461 g/mol. The summed E-state index contributed by atoms with van der Waals surface area (Å²) >= 11 is 5.89. The number of rotatable bonds is 6. The zero-order valence-corrected chi connectivity index (χ0v) is 16.9. The molecule has 6 nitrogen and oxygen atoms in total. The van der Waals surface area contributed by atoms with Crippen LogP contribution in [0.5, 0.6) is 5.75 Å². The molecule has 0 unspecified atom stereocenters. The molecule has 3 aromatic rings. The van der Waals surface area contributed by atoms with Crippen LogP contribution in [0.2, 0.25) is 5.02 Å². The van der Waals surface area contributed by atoms with Crippen LogP contribution in [0.25, 0.3) is 0 Å². The van der Waals surface area contributed by atoms with Gasteiger partial charge in [-0.3, -0.25) is 9.59 Å². The molecule has 10 heteroatoms. The molecule has 0 aliphatic rings. The average molecular weight is 462 g/mol. The first-order valence-corrected chi connectivity index (χ1v) is 9.44. The minimum absolute atomic E-state index is 0.0825. The molecule has 2 amide bonds. The van der Waals surface area contributed by atoms with Gasteiger partial charge in [0.2, 0.25) is 0 Å². The van der Waals surface area contributed by atoms with Gasteiger partial charge in [0.1, 0.15) is 5.75 Å². The molecule has 3 rings (SSSR count). The molecule has 0 aromatic heterocycles. The predicted molar refractivity (Wildman–Crippen MR) is 114 cm³/mol. The van der Waals surface area contributed by atoms with Gasteiger partial charge >= 0.3 is 6.36 Å². The van der Waals surface area contributed by atoms with Gasteiger partial charge in [-0.25, -0.2) is 5.43 Å². The number of carbonyl (C=O) groups is 2. The molecule has 3 aromatic carbocycles. The first-order chi connectivity index (χ1) is 15.2. The van der Waals surface area contributed by atoms with Crippen LogP contribution in [0.3, 0.4) is 0 Å². The lowest BCUT2D eigenvalue weighted by molar-refractivity contribution is -0.274. The van der Waals surface area contributed by atoms with Crippen LogP contribution >= 0.6 is 11.6 Å². The van der Waals surface area contributed by atoms with Crippen molar-refractivity contribution in [2.45, 2.75) is 6.36 Å². The zero-order chi connectivity index (χ0) is 23.1. The van der Waals surface area contributed by atoms with Gasteiger partial charge in [0, 0.05) is 10.6 Å². The fourth-order valence-electron chi connectivity index (χ4n) is 2.63. The minimum atomic E-state index is -4.88. The molecule has 2 N–H and O–H groups in total. The smallest absolute Gasteiger partial charge is 0.406 e. The Morgan fingerprint density at radius 1 is 0.938 bits per heavy atom. The molecule has 0 spiro atoms. The van der Waals surface area contributed by atoms with Crippen molar-refractivity contribution in [2.24, 2.45) is 5.10 Å². The van der Waals surface area contributed by atoms with E-state index in [2.05, 4.69) is 20.6 Å². The maximum atomic E-state index is 12.5. The molecule has 0 heterocycles. The summed E-state index contributed by atoms with van der Waals surface area (Å²) in [4.78, 5) is 25.0. The van der Waals surface area contributed by atoms with E-state index in [1.807, 2.05) is 0 Å². The van der Waals surface area contributed by atoms with E-state index in [-0.39, 0.29) is 16.8 Å². The SMILES string of the molecule is O=C(Nc1ccccc1C(=O)N/N=C/c1cccc(Cl)c1)c1cccc(OC(F)(F)F)c1. The lowest BCUT2D eigenvalue weighted by atomic mass is 10.1. The van der Waals surface area contributed by atoms with Crippen molar-refractivity contribution in [3.63, 3.8) is 0 Å². The van der Waals surface area contributed by atoms with Crippen molar-refractivity contribution in [1.82, 2.24) is 5.43 Å². The van der Waals surface area contributed by atoms with Crippen LogP contribution < -0.4 is 15.5 Å². The number of para-hydroxylation sites is 1. The molecule has 0 radical (unpaired) electrons. The normalized spacial score (nSPS) is 11.2. The van der Waals surface area contributed by atoms with Crippen LogP contribution in [0.15, 0.2) is 77.9 Å². The summed E-state index contributed by atoms with van der Waals surface area (Å²) in [5.41, 5.74) is 3.18. The van der Waals surface area contributed by atoms with Gasteiger partial charge < -0.3 is 10.1 Å². The molecule has 0 fully saturated rings. The quantitative estimate of drug-likeness (QED) is 0.388. The van der Waals surface area contributed by atoms with Gasteiger partial charge in [-0.2, -0.15) is 5.10 Å². The highest BCUT2D eigenvalue weighted by Crippen LogP contribution is 2.24. The van der Waals surface area contributed by atoms with Gasteiger partial charge in [0.25, 0.3) is 11.8 Å². The lowest BCUT2D eigenvalue weighted by Crippen LogP contribution is -2.21. The number of hydrogen-bond acceptors (Lipinski definition) is 4. The van der Waals surface area contributed by atoms with E-state index in [0.717, 1.165) is 12.1 Å². The summed E-state index contributed by atoms with van der Waals surface area (Å²) in [6.07, 6.45) is -3.48. The Kier molecular flexibility index (Phi) is 7.11. The molecule has 0 aliphatic carbocycles. The average Bonchev–Trinajstić information content (AvgIpc) is 2.73. The highest BCUT2D eigenvalue weighted by molar-refractivity contribution is 6.30. The highest BCUT2D eigenvalue weighted by Gasteiger charge is 2.31. The van der Waals surface area contributed by atoms with Gasteiger partial charge in [-0.1, -0.05) is 41.9 Å². The largest absolute Gasteiger partial charge is 0.573 e. The molecule has 0 aliphatic heterocycles. The van der Waals surface area contributed by atoms with Gasteiger partial charge in [-0.05, 0) is 48.0 Å². The fourth-order valence-corrected chi connectivity index (χ4v) is 2.83. The summed E-state index contributed by atoms with van der Waals surface area (Å²) in [6, 6.07) is 17.5. The van der Waals surface area contributed by atoms with Crippen LogP contribution in [0, 0.1) is 0 Å². The number of anilines is 1.